The van der Waals surface area contributed by atoms with E-state index in [-0.39, 0.29) is 17.1 Å². The monoisotopic (exact) mass is 436 g/mol. The Labute approximate surface area is 169 Å². The first kappa shape index (κ1) is 21.3. The molecule has 7 nitrogen and oxygen atoms in total. The minimum absolute atomic E-state index is 0.0461. The van der Waals surface area contributed by atoms with Gasteiger partial charge in [0, 0.05) is 4.57 Å². The van der Waals surface area contributed by atoms with E-state index in [0.29, 0.717) is 11.1 Å². The molecule has 0 saturated carbocycles. The first-order valence-corrected chi connectivity index (χ1v) is 9.57. The van der Waals surface area contributed by atoms with Crippen LogP contribution in [-0.2, 0) is 15.3 Å². The van der Waals surface area contributed by atoms with E-state index in [4.69, 9.17) is 9.79 Å². The molecule has 2 atom stereocenters. The number of carbonyl (C=O) groups excluding carboxylic acids is 1. The van der Waals surface area contributed by atoms with Crippen LogP contribution in [0.25, 0.3) is 0 Å². The van der Waals surface area contributed by atoms with Gasteiger partial charge in [0.25, 0.3) is 0 Å². The van der Waals surface area contributed by atoms with Crippen molar-refractivity contribution in [2.24, 2.45) is 0 Å². The first-order valence-electron chi connectivity index (χ1n) is 8.44. The van der Waals surface area contributed by atoms with Gasteiger partial charge in [-0.25, -0.2) is 9.32 Å². The maximum atomic E-state index is 13.1. The average molecular weight is 436 g/mol. The lowest BCUT2D eigenvalue weighted by Crippen LogP contribution is -2.47. The van der Waals surface area contributed by atoms with Gasteiger partial charge in [0.2, 0.25) is 5.76 Å². The number of amides is 2. The Bertz CT molecular complexity index is 1080. The van der Waals surface area contributed by atoms with Gasteiger partial charge in [-0.1, -0.05) is 18.2 Å². The Morgan fingerprint density at radius 1 is 1.23 bits per heavy atom. The van der Waals surface area contributed by atoms with Crippen LogP contribution in [0.5, 0.6) is 0 Å². The summed E-state index contributed by atoms with van der Waals surface area (Å²) in [5.41, 5.74) is -0.178. The van der Waals surface area contributed by atoms with Gasteiger partial charge >= 0.3 is 20.5 Å². The molecule has 0 aromatic heterocycles. The number of rotatable bonds is 4. The molecule has 30 heavy (non-hydrogen) atoms. The lowest BCUT2D eigenvalue weighted by molar-refractivity contribution is -0.137. The highest BCUT2D eigenvalue weighted by molar-refractivity contribution is 7.32. The van der Waals surface area contributed by atoms with Gasteiger partial charge in [-0.15, -0.1) is 4.89 Å². The summed E-state index contributed by atoms with van der Waals surface area (Å²) in [5.74, 6) is -0.111. The summed E-state index contributed by atoms with van der Waals surface area (Å²) < 4.78 is 55.6. The van der Waals surface area contributed by atoms with E-state index in [1.165, 1.54) is 37.3 Å². The van der Waals surface area contributed by atoms with Gasteiger partial charge in [-0.2, -0.15) is 18.4 Å². The fraction of sp³-hybridized carbons (Fsp3) is 0.158. The number of nitriles is 1. The van der Waals surface area contributed by atoms with Crippen molar-refractivity contribution in [3.63, 3.8) is 0 Å². The topological polar surface area (TPSA) is 103 Å². The van der Waals surface area contributed by atoms with Crippen LogP contribution in [0, 0.1) is 11.3 Å². The summed E-state index contributed by atoms with van der Waals surface area (Å²) in [6.45, 7) is 1.39. The van der Waals surface area contributed by atoms with E-state index >= 15 is 0 Å². The molecule has 3 rings (SSSR count). The quantitative estimate of drug-likeness (QED) is 0.674. The molecule has 0 aliphatic carbocycles. The Morgan fingerprint density at radius 3 is 2.47 bits per heavy atom. The van der Waals surface area contributed by atoms with Crippen LogP contribution in [0.1, 0.15) is 29.7 Å². The normalized spacial score (nSPS) is 17.3. The molecule has 1 heterocycles. The highest BCUT2D eigenvalue weighted by Crippen LogP contribution is 2.39. The number of hydrogen-bond donors (Lipinski definition) is 2. The van der Waals surface area contributed by atoms with E-state index in [2.05, 4.69) is 5.32 Å². The molecular formula is C19H14F3N3O4P+. The number of halogens is 3. The van der Waals surface area contributed by atoms with Crippen molar-refractivity contribution in [1.82, 2.24) is 5.32 Å². The Hall–Kier alpha value is -3.41. The van der Waals surface area contributed by atoms with Crippen LogP contribution in [0.3, 0.4) is 0 Å². The van der Waals surface area contributed by atoms with Crippen molar-refractivity contribution in [3.8, 4) is 6.07 Å². The predicted molar refractivity (Wildman–Crippen MR) is 100.0 cm³/mol. The van der Waals surface area contributed by atoms with Crippen LogP contribution < -0.4 is 10.2 Å². The Kier molecular flexibility index (Phi) is 5.78. The van der Waals surface area contributed by atoms with Crippen LogP contribution in [0.4, 0.5) is 23.7 Å². The third kappa shape index (κ3) is 4.27. The van der Waals surface area contributed by atoms with Crippen molar-refractivity contribution in [3.05, 3.63) is 76.7 Å². The summed E-state index contributed by atoms with van der Waals surface area (Å²) in [6, 6.07) is 10.4. The maximum absolute atomic E-state index is 13.1. The largest absolute Gasteiger partial charge is 0.747 e. The van der Waals surface area contributed by atoms with E-state index in [0.717, 1.165) is 23.1 Å². The van der Waals surface area contributed by atoms with Crippen LogP contribution in [0.15, 0.2) is 60.0 Å². The van der Waals surface area contributed by atoms with E-state index in [1.54, 1.807) is 0 Å². The first-order chi connectivity index (χ1) is 14.1. The highest BCUT2D eigenvalue weighted by Gasteiger charge is 2.39. The lowest BCUT2D eigenvalue weighted by Gasteiger charge is -2.33. The molecule has 2 amide bonds. The van der Waals surface area contributed by atoms with Gasteiger partial charge < -0.3 is 5.32 Å². The van der Waals surface area contributed by atoms with Gasteiger partial charge in [0.15, 0.2) is 0 Å². The molecule has 11 heteroatoms. The van der Waals surface area contributed by atoms with E-state index in [1.807, 2.05) is 6.07 Å². The Balaban J connectivity index is 2.10. The number of nitrogens with one attached hydrogen (secondary N) is 1. The molecule has 1 aliphatic rings. The van der Waals surface area contributed by atoms with Gasteiger partial charge in [0.1, 0.15) is 6.04 Å². The van der Waals surface area contributed by atoms with Crippen molar-refractivity contribution in [1.29, 1.82) is 5.26 Å². The molecule has 2 aromatic rings. The molecule has 2 unspecified atom stereocenters. The summed E-state index contributed by atoms with van der Waals surface area (Å²) >= 11 is 0. The number of anilines is 1. The minimum Gasteiger partial charge on any atom is -0.323 e. The summed E-state index contributed by atoms with van der Waals surface area (Å²) in [5, 5.41) is 11.5. The third-order valence-electron chi connectivity index (χ3n) is 4.41. The molecule has 2 aromatic carbocycles. The van der Waals surface area contributed by atoms with Gasteiger partial charge in [-0.05, 0) is 42.8 Å². The zero-order chi connectivity index (χ0) is 22.1. The molecular weight excluding hydrogens is 422 g/mol. The molecule has 0 saturated heterocycles. The lowest BCUT2D eigenvalue weighted by atomic mass is 10.0. The number of urea groups is 1. The number of nitrogens with zero attached hydrogens (tertiary/aromatic N) is 2. The number of alkyl halides is 3. The van der Waals surface area contributed by atoms with Crippen molar-refractivity contribution in [2.45, 2.75) is 19.1 Å². The minimum atomic E-state index is -4.61. The Morgan fingerprint density at radius 2 is 1.90 bits per heavy atom. The zero-order valence-corrected chi connectivity index (χ0v) is 16.2. The van der Waals surface area contributed by atoms with Crippen LogP contribution >= 0.6 is 8.25 Å². The molecule has 0 fully saturated rings. The van der Waals surface area contributed by atoms with Crippen molar-refractivity contribution < 1.29 is 31.9 Å². The van der Waals surface area contributed by atoms with Crippen LogP contribution in [0.2, 0.25) is 0 Å². The van der Waals surface area contributed by atoms with Gasteiger partial charge in [-0.3, -0.25) is 4.90 Å². The fourth-order valence-corrected chi connectivity index (χ4v) is 3.45. The zero-order valence-electron chi connectivity index (χ0n) is 15.3. The molecule has 154 valence electrons. The summed E-state index contributed by atoms with van der Waals surface area (Å²) in [4.78, 5) is 23.0. The summed E-state index contributed by atoms with van der Waals surface area (Å²) in [7, 11) is -3.12. The second-order valence-corrected chi connectivity index (χ2v) is 6.94. The van der Waals surface area contributed by atoms with Gasteiger partial charge in [0.05, 0.1) is 28.6 Å². The number of carbonyl (C=O) groups is 1. The number of allylic oxidation sites excluding steroid dienone is 1. The van der Waals surface area contributed by atoms with Crippen molar-refractivity contribution >= 4 is 20.0 Å². The highest BCUT2D eigenvalue weighted by atomic mass is 31.1. The van der Waals surface area contributed by atoms with E-state index in [9.17, 15) is 27.4 Å². The SMILES string of the molecule is CC1=C(O[P+](=O)O)C(c2ccc(C#N)cc2)NC(=O)N1c1cccc(C(F)(F)F)c1. The summed E-state index contributed by atoms with van der Waals surface area (Å²) in [6.07, 6.45) is -4.61. The molecule has 1 aliphatic heterocycles. The molecule has 0 radical (unpaired) electrons. The number of benzene rings is 2. The number of hydrogen-bond acceptors (Lipinski definition) is 4. The smallest absolute Gasteiger partial charge is 0.323 e. The second kappa shape index (κ2) is 8.14. The average Bonchev–Trinajstić information content (AvgIpc) is 2.69. The second-order valence-electron chi connectivity index (χ2n) is 6.28. The molecule has 0 bridgehead atoms. The third-order valence-corrected chi connectivity index (χ3v) is 4.76. The van der Waals surface area contributed by atoms with E-state index < -0.39 is 32.1 Å². The van der Waals surface area contributed by atoms with Crippen LogP contribution in [-0.4, -0.2) is 10.9 Å². The maximum Gasteiger partial charge on any atom is 0.747 e. The molecule has 0 spiro atoms. The predicted octanol–water partition coefficient (Wildman–Crippen LogP) is 4.75. The standard InChI is InChI=1S/C19H13F3N3O4P/c1-11-17(29-30(27)28)16(13-7-5-12(10-23)6-8-13)24-18(26)25(11)15-4-2-3-14(9-15)19(20,21)22/h2-9,16H,1H3,(H-,24,26,27,28)/p+1. The molecule has 2 N–H and O–H groups in total. The van der Waals surface area contributed by atoms with Crippen molar-refractivity contribution in [2.75, 3.05) is 4.90 Å². The fourth-order valence-electron chi connectivity index (χ4n) is 3.04.